The molecule has 1 heterocycles. The van der Waals surface area contributed by atoms with Gasteiger partial charge in [0.05, 0.1) is 24.7 Å². The Morgan fingerprint density at radius 3 is 2.33 bits per heavy atom. The minimum atomic E-state index is -0.716. The quantitative estimate of drug-likeness (QED) is 0.726. The highest BCUT2D eigenvalue weighted by atomic mass is 16.5. The van der Waals surface area contributed by atoms with Gasteiger partial charge in [0.25, 0.3) is 0 Å². The SMILES string of the molecule is COc1ccc(OCC(O)Cn2c(=N)n(C)c3ccccc32)cc1. The van der Waals surface area contributed by atoms with Gasteiger partial charge in [-0.05, 0) is 36.4 Å². The Balaban J connectivity index is 1.70. The zero-order valence-corrected chi connectivity index (χ0v) is 13.8. The smallest absolute Gasteiger partial charge is 0.202 e. The molecular weight excluding hydrogens is 306 g/mol. The van der Waals surface area contributed by atoms with Crippen LogP contribution in [0.1, 0.15) is 0 Å². The Morgan fingerprint density at radius 1 is 1.04 bits per heavy atom. The number of aliphatic hydroxyl groups is 1. The molecule has 6 heteroatoms. The normalized spacial score (nSPS) is 12.3. The summed E-state index contributed by atoms with van der Waals surface area (Å²) in [5, 5.41) is 18.5. The molecule has 3 aromatic rings. The van der Waals surface area contributed by atoms with Gasteiger partial charge in [0.1, 0.15) is 24.2 Å². The topological polar surface area (TPSA) is 72.4 Å². The van der Waals surface area contributed by atoms with E-state index in [1.165, 1.54) is 0 Å². The van der Waals surface area contributed by atoms with Crippen molar-refractivity contribution in [3.8, 4) is 11.5 Å². The molecule has 0 radical (unpaired) electrons. The molecule has 126 valence electrons. The molecular formula is C18H21N3O3. The number of imidazole rings is 1. The first-order valence-corrected chi connectivity index (χ1v) is 7.74. The monoisotopic (exact) mass is 327 g/mol. The third-order valence-electron chi connectivity index (χ3n) is 4.00. The van der Waals surface area contributed by atoms with Crippen LogP contribution < -0.4 is 15.1 Å². The third kappa shape index (κ3) is 3.14. The Labute approximate surface area is 140 Å². The number of hydrogen-bond acceptors (Lipinski definition) is 4. The first-order chi connectivity index (χ1) is 11.6. The molecule has 0 saturated heterocycles. The molecule has 1 unspecified atom stereocenters. The van der Waals surface area contributed by atoms with Crippen molar-refractivity contribution in [2.45, 2.75) is 12.6 Å². The third-order valence-corrected chi connectivity index (χ3v) is 4.00. The van der Waals surface area contributed by atoms with Gasteiger partial charge in [0.2, 0.25) is 5.62 Å². The van der Waals surface area contributed by atoms with Crippen molar-refractivity contribution in [3.63, 3.8) is 0 Å². The summed E-state index contributed by atoms with van der Waals surface area (Å²) in [6.45, 7) is 0.457. The summed E-state index contributed by atoms with van der Waals surface area (Å²) in [6.07, 6.45) is -0.716. The molecule has 6 nitrogen and oxygen atoms in total. The van der Waals surface area contributed by atoms with Crippen LogP contribution in [-0.4, -0.2) is 34.1 Å². The molecule has 24 heavy (non-hydrogen) atoms. The molecule has 0 aliphatic carbocycles. The number of rotatable bonds is 6. The zero-order chi connectivity index (χ0) is 17.1. The average Bonchev–Trinajstić information content (AvgIpc) is 2.86. The van der Waals surface area contributed by atoms with Gasteiger partial charge in [-0.25, -0.2) is 0 Å². The van der Waals surface area contributed by atoms with Crippen molar-refractivity contribution < 1.29 is 14.6 Å². The number of nitrogens with one attached hydrogen (secondary N) is 1. The molecule has 0 fully saturated rings. The highest BCUT2D eigenvalue weighted by Gasteiger charge is 2.12. The summed E-state index contributed by atoms with van der Waals surface area (Å²) >= 11 is 0. The second kappa shape index (κ2) is 6.80. The lowest BCUT2D eigenvalue weighted by molar-refractivity contribution is 0.0921. The maximum Gasteiger partial charge on any atom is 0.202 e. The van der Waals surface area contributed by atoms with Gasteiger partial charge in [-0.3, -0.25) is 5.41 Å². The van der Waals surface area contributed by atoms with Crippen molar-refractivity contribution >= 4 is 11.0 Å². The zero-order valence-electron chi connectivity index (χ0n) is 13.8. The van der Waals surface area contributed by atoms with E-state index in [1.54, 1.807) is 28.4 Å². The predicted molar refractivity (Wildman–Crippen MR) is 91.3 cm³/mol. The van der Waals surface area contributed by atoms with Crippen LogP contribution in [0, 0.1) is 5.41 Å². The van der Waals surface area contributed by atoms with E-state index in [-0.39, 0.29) is 6.61 Å². The van der Waals surface area contributed by atoms with Crippen LogP contribution in [-0.2, 0) is 13.6 Å². The fourth-order valence-corrected chi connectivity index (χ4v) is 2.70. The van der Waals surface area contributed by atoms with E-state index in [2.05, 4.69) is 0 Å². The van der Waals surface area contributed by atoms with Crippen LogP contribution in [0.15, 0.2) is 48.5 Å². The number of nitrogens with zero attached hydrogens (tertiary/aromatic N) is 2. The van der Waals surface area contributed by atoms with E-state index in [0.29, 0.717) is 17.9 Å². The fourth-order valence-electron chi connectivity index (χ4n) is 2.70. The maximum atomic E-state index is 10.3. The minimum Gasteiger partial charge on any atom is -0.497 e. The molecule has 0 spiro atoms. The molecule has 1 aromatic heterocycles. The number of aromatic nitrogens is 2. The van der Waals surface area contributed by atoms with Crippen molar-refractivity contribution in [2.75, 3.05) is 13.7 Å². The number of aliphatic hydroxyl groups excluding tert-OH is 1. The number of fused-ring (bicyclic) bond motifs is 1. The number of hydrogen-bond donors (Lipinski definition) is 2. The molecule has 2 aromatic carbocycles. The van der Waals surface area contributed by atoms with Gasteiger partial charge in [-0.2, -0.15) is 0 Å². The van der Waals surface area contributed by atoms with Crippen molar-refractivity contribution in [3.05, 3.63) is 54.1 Å². The predicted octanol–water partition coefficient (Wildman–Crippen LogP) is 1.91. The van der Waals surface area contributed by atoms with Crippen LogP contribution in [0.4, 0.5) is 0 Å². The van der Waals surface area contributed by atoms with E-state index in [4.69, 9.17) is 14.9 Å². The molecule has 0 saturated carbocycles. The Morgan fingerprint density at radius 2 is 1.67 bits per heavy atom. The van der Waals surface area contributed by atoms with Crippen molar-refractivity contribution in [2.24, 2.45) is 7.05 Å². The Hall–Kier alpha value is -2.73. The Bertz CT molecular complexity index is 881. The lowest BCUT2D eigenvalue weighted by Gasteiger charge is -2.14. The van der Waals surface area contributed by atoms with Crippen LogP contribution in [0.5, 0.6) is 11.5 Å². The van der Waals surface area contributed by atoms with E-state index >= 15 is 0 Å². The van der Waals surface area contributed by atoms with Crippen LogP contribution in [0.2, 0.25) is 0 Å². The lowest BCUT2D eigenvalue weighted by atomic mass is 10.3. The van der Waals surface area contributed by atoms with E-state index in [0.717, 1.165) is 16.8 Å². The van der Waals surface area contributed by atoms with E-state index in [9.17, 15) is 5.11 Å². The Kier molecular flexibility index (Phi) is 4.57. The number of aryl methyl sites for hydroxylation is 1. The van der Waals surface area contributed by atoms with Gasteiger partial charge >= 0.3 is 0 Å². The summed E-state index contributed by atoms with van der Waals surface area (Å²) in [6, 6.07) is 15.0. The molecule has 0 bridgehead atoms. The molecule has 3 rings (SSSR count). The molecule has 2 N–H and O–H groups in total. The van der Waals surface area contributed by atoms with Gasteiger partial charge in [-0.15, -0.1) is 0 Å². The summed E-state index contributed by atoms with van der Waals surface area (Å²) in [5.41, 5.74) is 2.24. The molecule has 0 aliphatic rings. The molecule has 0 aliphatic heterocycles. The minimum absolute atomic E-state index is 0.155. The maximum absolute atomic E-state index is 10.3. The van der Waals surface area contributed by atoms with E-state index < -0.39 is 6.10 Å². The summed E-state index contributed by atoms with van der Waals surface area (Å²) < 4.78 is 14.3. The number of para-hydroxylation sites is 2. The fraction of sp³-hybridized carbons (Fsp3) is 0.278. The van der Waals surface area contributed by atoms with Crippen LogP contribution in [0.25, 0.3) is 11.0 Å². The van der Waals surface area contributed by atoms with Gasteiger partial charge in [0.15, 0.2) is 0 Å². The summed E-state index contributed by atoms with van der Waals surface area (Å²) in [4.78, 5) is 0. The van der Waals surface area contributed by atoms with Gasteiger partial charge in [-0.1, -0.05) is 12.1 Å². The average molecular weight is 327 g/mol. The first kappa shape index (κ1) is 16.1. The number of methoxy groups -OCH3 is 1. The second-order valence-corrected chi connectivity index (χ2v) is 5.62. The standard InChI is InChI=1S/C18H21N3O3/c1-20-16-5-3-4-6-17(16)21(18(20)19)11-13(22)12-24-15-9-7-14(23-2)8-10-15/h3-10,13,19,22H,11-12H2,1-2H3. The highest BCUT2D eigenvalue weighted by Crippen LogP contribution is 2.17. The van der Waals surface area contributed by atoms with Crippen LogP contribution in [0.3, 0.4) is 0 Å². The number of benzene rings is 2. The van der Waals surface area contributed by atoms with Gasteiger partial charge in [0, 0.05) is 7.05 Å². The van der Waals surface area contributed by atoms with Gasteiger partial charge < -0.3 is 23.7 Å². The highest BCUT2D eigenvalue weighted by molar-refractivity contribution is 5.75. The van der Waals surface area contributed by atoms with Crippen molar-refractivity contribution in [1.29, 1.82) is 5.41 Å². The molecule has 0 amide bonds. The number of ether oxygens (including phenoxy) is 2. The molecule has 1 atom stereocenters. The second-order valence-electron chi connectivity index (χ2n) is 5.62. The first-order valence-electron chi connectivity index (χ1n) is 7.74. The van der Waals surface area contributed by atoms with E-state index in [1.807, 2.05) is 43.4 Å². The largest absolute Gasteiger partial charge is 0.497 e. The summed E-state index contributed by atoms with van der Waals surface area (Å²) in [5.74, 6) is 1.43. The van der Waals surface area contributed by atoms with Crippen LogP contribution >= 0.6 is 0 Å². The van der Waals surface area contributed by atoms with Crippen molar-refractivity contribution in [1.82, 2.24) is 9.13 Å². The lowest BCUT2D eigenvalue weighted by Crippen LogP contribution is -2.30. The summed E-state index contributed by atoms with van der Waals surface area (Å²) in [7, 11) is 3.46.